The molecule has 0 aromatic heterocycles. The fourth-order valence-electron chi connectivity index (χ4n) is 1.84. The van der Waals surface area contributed by atoms with Gasteiger partial charge in [-0.1, -0.05) is 0 Å². The summed E-state index contributed by atoms with van der Waals surface area (Å²) in [6.45, 7) is 1.03. The lowest BCUT2D eigenvalue weighted by Crippen LogP contribution is -2.18. The van der Waals surface area contributed by atoms with E-state index in [1.807, 2.05) is 0 Å². The van der Waals surface area contributed by atoms with E-state index in [-0.39, 0.29) is 24.7 Å². The molecule has 1 aliphatic heterocycles. The number of alkyl halides is 2. The highest BCUT2D eigenvalue weighted by atomic mass is 19.3. The second-order valence-electron chi connectivity index (χ2n) is 4.26. The highest BCUT2D eigenvalue weighted by Gasteiger charge is 2.31. The summed E-state index contributed by atoms with van der Waals surface area (Å²) in [5.74, 6) is -2.40. The summed E-state index contributed by atoms with van der Waals surface area (Å²) in [5, 5.41) is 12.7. The Balaban J connectivity index is 2.47. The van der Waals surface area contributed by atoms with Gasteiger partial charge in [-0.25, -0.2) is 8.78 Å². The topological polar surface area (TPSA) is 50.7 Å². The van der Waals surface area contributed by atoms with E-state index in [1.165, 1.54) is 12.1 Å². The summed E-state index contributed by atoms with van der Waals surface area (Å²) in [5.41, 5.74) is 0.118. The molecule has 1 heterocycles. The van der Waals surface area contributed by atoms with Crippen molar-refractivity contribution in [2.75, 3.05) is 20.4 Å². The quantitative estimate of drug-likeness (QED) is 0.865. The van der Waals surface area contributed by atoms with Gasteiger partial charge in [-0.2, -0.15) is 0 Å². The molecule has 4 nitrogen and oxygen atoms in total. The number of benzene rings is 1. The summed E-state index contributed by atoms with van der Waals surface area (Å²) in [6, 6.07) is 2.51. The summed E-state index contributed by atoms with van der Waals surface area (Å²) < 4.78 is 37.0. The number of aliphatic hydroxyl groups excluding tert-OH is 1. The van der Waals surface area contributed by atoms with E-state index in [9.17, 15) is 13.9 Å². The third-order valence-electron chi connectivity index (χ3n) is 2.76. The Labute approximate surface area is 104 Å². The molecule has 1 aliphatic rings. The number of hydrogen-bond donors (Lipinski definition) is 2. The zero-order chi connectivity index (χ0) is 13.3. The Kier molecular flexibility index (Phi) is 3.41. The second kappa shape index (κ2) is 4.70. The molecule has 1 unspecified atom stereocenters. The predicted molar refractivity (Wildman–Crippen MR) is 61.0 cm³/mol. The van der Waals surface area contributed by atoms with Crippen LogP contribution in [0.15, 0.2) is 12.1 Å². The fourth-order valence-corrected chi connectivity index (χ4v) is 1.84. The monoisotopic (exact) mass is 259 g/mol. The lowest BCUT2D eigenvalue weighted by atomic mass is 10.0. The average molecular weight is 259 g/mol. The van der Waals surface area contributed by atoms with Gasteiger partial charge in [-0.05, 0) is 19.2 Å². The Morgan fingerprint density at radius 3 is 2.78 bits per heavy atom. The Hall–Kier alpha value is -1.40. The minimum Gasteiger partial charge on any atom is -0.454 e. The Morgan fingerprint density at radius 2 is 2.17 bits per heavy atom. The minimum absolute atomic E-state index is 0.0205. The molecule has 2 rings (SSSR count). The molecule has 2 N–H and O–H groups in total. The molecule has 1 atom stereocenters. The molecule has 100 valence electrons. The lowest BCUT2D eigenvalue weighted by Gasteiger charge is -2.17. The van der Waals surface area contributed by atoms with Gasteiger partial charge in [0.15, 0.2) is 11.5 Å². The highest BCUT2D eigenvalue weighted by molar-refractivity contribution is 5.52. The van der Waals surface area contributed by atoms with Gasteiger partial charge >= 0.3 is 0 Å². The largest absolute Gasteiger partial charge is 0.454 e. The molecule has 1 aromatic carbocycles. The van der Waals surface area contributed by atoms with Gasteiger partial charge < -0.3 is 19.9 Å². The Bertz CT molecular complexity index is 446. The number of aliphatic hydroxyl groups is 1. The molecule has 0 spiro atoms. The van der Waals surface area contributed by atoms with Crippen molar-refractivity contribution in [2.45, 2.75) is 19.0 Å². The van der Waals surface area contributed by atoms with Crippen molar-refractivity contribution in [2.24, 2.45) is 0 Å². The van der Waals surface area contributed by atoms with Crippen molar-refractivity contribution < 1.29 is 23.4 Å². The van der Waals surface area contributed by atoms with Crippen molar-refractivity contribution in [3.05, 3.63) is 23.3 Å². The number of fused-ring (bicyclic) bond motifs is 1. The summed E-state index contributed by atoms with van der Waals surface area (Å²) >= 11 is 0. The van der Waals surface area contributed by atoms with Crippen LogP contribution in [0.4, 0.5) is 8.78 Å². The van der Waals surface area contributed by atoms with Crippen LogP contribution in [-0.4, -0.2) is 25.5 Å². The first-order valence-corrected chi connectivity index (χ1v) is 5.58. The van der Waals surface area contributed by atoms with Crippen LogP contribution in [0.1, 0.15) is 24.2 Å². The van der Waals surface area contributed by atoms with Gasteiger partial charge in [0.2, 0.25) is 6.79 Å². The van der Waals surface area contributed by atoms with Crippen LogP contribution in [0.2, 0.25) is 0 Å². The first kappa shape index (κ1) is 13.0. The number of ether oxygens (including phenoxy) is 2. The van der Waals surface area contributed by atoms with Gasteiger partial charge in [0.05, 0.1) is 6.10 Å². The zero-order valence-corrected chi connectivity index (χ0v) is 10.2. The van der Waals surface area contributed by atoms with E-state index >= 15 is 0 Å². The van der Waals surface area contributed by atoms with Crippen LogP contribution in [0, 0.1) is 0 Å². The minimum atomic E-state index is -2.99. The molecular weight excluding hydrogens is 244 g/mol. The summed E-state index contributed by atoms with van der Waals surface area (Å²) in [7, 11) is 1.67. The number of rotatable bonds is 4. The summed E-state index contributed by atoms with van der Waals surface area (Å²) in [4.78, 5) is 0. The smallest absolute Gasteiger partial charge is 0.270 e. The van der Waals surface area contributed by atoms with Gasteiger partial charge in [-0.3, -0.25) is 0 Å². The number of nitrogens with one attached hydrogen (secondary N) is 1. The van der Waals surface area contributed by atoms with Crippen molar-refractivity contribution in [3.8, 4) is 11.5 Å². The lowest BCUT2D eigenvalue weighted by molar-refractivity contribution is 0.0170. The van der Waals surface area contributed by atoms with Gasteiger partial charge in [0.1, 0.15) is 0 Å². The van der Waals surface area contributed by atoms with Crippen LogP contribution in [0.5, 0.6) is 11.5 Å². The molecule has 0 amide bonds. The van der Waals surface area contributed by atoms with Crippen LogP contribution in [0.3, 0.4) is 0 Å². The Morgan fingerprint density at radius 1 is 1.44 bits per heavy atom. The number of hydrogen-bond acceptors (Lipinski definition) is 4. The van der Waals surface area contributed by atoms with E-state index in [4.69, 9.17) is 9.47 Å². The third-order valence-corrected chi connectivity index (χ3v) is 2.76. The second-order valence-corrected chi connectivity index (χ2v) is 4.26. The maximum Gasteiger partial charge on any atom is 0.270 e. The first-order chi connectivity index (χ1) is 8.43. The van der Waals surface area contributed by atoms with Crippen molar-refractivity contribution in [1.82, 2.24) is 5.32 Å². The van der Waals surface area contributed by atoms with Gasteiger partial charge in [-0.15, -0.1) is 0 Å². The predicted octanol–water partition coefficient (Wildman–Crippen LogP) is 1.78. The molecule has 0 aliphatic carbocycles. The molecule has 18 heavy (non-hydrogen) atoms. The van der Waals surface area contributed by atoms with Crippen LogP contribution >= 0.6 is 0 Å². The SMILES string of the molecule is CNCC(O)c1cc(C(C)(F)F)cc2c1OCO2. The average Bonchev–Trinajstić information content (AvgIpc) is 2.74. The van der Waals surface area contributed by atoms with Crippen molar-refractivity contribution in [1.29, 1.82) is 0 Å². The zero-order valence-electron chi connectivity index (χ0n) is 10.2. The van der Waals surface area contributed by atoms with E-state index in [1.54, 1.807) is 7.05 Å². The van der Waals surface area contributed by atoms with Crippen molar-refractivity contribution >= 4 is 0 Å². The maximum absolute atomic E-state index is 13.4. The summed E-state index contributed by atoms with van der Waals surface area (Å²) in [6.07, 6.45) is -0.923. The molecule has 0 saturated heterocycles. The normalized spacial score (nSPS) is 15.8. The van der Waals surface area contributed by atoms with Crippen LogP contribution in [-0.2, 0) is 5.92 Å². The molecular formula is C12H15F2NO3. The van der Waals surface area contributed by atoms with Crippen LogP contribution in [0.25, 0.3) is 0 Å². The molecule has 0 fully saturated rings. The van der Waals surface area contributed by atoms with Crippen LogP contribution < -0.4 is 14.8 Å². The standard InChI is InChI=1S/C12H15F2NO3/c1-12(13,14)7-3-8(9(16)5-15-2)11-10(4-7)17-6-18-11/h3-4,9,15-16H,5-6H2,1-2H3. The number of likely N-dealkylation sites (N-methyl/N-ethyl adjacent to an activating group) is 1. The first-order valence-electron chi connectivity index (χ1n) is 5.58. The van der Waals surface area contributed by atoms with E-state index in [0.29, 0.717) is 11.3 Å². The molecule has 6 heteroatoms. The maximum atomic E-state index is 13.4. The fraction of sp³-hybridized carbons (Fsp3) is 0.500. The third kappa shape index (κ3) is 2.39. The molecule has 0 saturated carbocycles. The molecule has 0 radical (unpaired) electrons. The number of halogens is 2. The van der Waals surface area contributed by atoms with E-state index < -0.39 is 12.0 Å². The van der Waals surface area contributed by atoms with Crippen molar-refractivity contribution in [3.63, 3.8) is 0 Å². The van der Waals surface area contributed by atoms with E-state index in [0.717, 1.165) is 6.92 Å². The van der Waals surface area contributed by atoms with Gasteiger partial charge in [0, 0.05) is 24.6 Å². The molecule has 1 aromatic rings. The van der Waals surface area contributed by atoms with Gasteiger partial charge in [0.25, 0.3) is 5.92 Å². The van der Waals surface area contributed by atoms with E-state index in [2.05, 4.69) is 5.32 Å². The molecule has 0 bridgehead atoms. The highest BCUT2D eigenvalue weighted by Crippen LogP contribution is 2.43.